The molecule has 2 atom stereocenters. The number of primary amides is 1. The highest BCUT2D eigenvalue weighted by atomic mass is 33.1. The highest BCUT2D eigenvalue weighted by Crippen LogP contribution is 2.39. The fourth-order valence-corrected chi connectivity index (χ4v) is 7.76. The number of carboxylic acid groups (broad SMARTS) is 5. The Hall–Kier alpha value is -3.58. The average Bonchev–Trinajstić information content (AvgIpc) is 3.47. The number of unbranched alkanes of at least 4 members (excludes halogenated alkanes) is 1. The Bertz CT molecular complexity index is 1140. The van der Waals surface area contributed by atoms with Crippen LogP contribution < -0.4 is 11.5 Å². The Morgan fingerprint density at radius 2 is 1.28 bits per heavy atom. The minimum Gasteiger partial charge on any atom is -0.480 e. The van der Waals surface area contributed by atoms with Crippen molar-refractivity contribution in [2.45, 2.75) is 49.8 Å². The second kappa shape index (κ2) is 22.9. The van der Waals surface area contributed by atoms with Gasteiger partial charge in [-0.15, -0.1) is 0 Å². The quantitative estimate of drug-likeness (QED) is 0.0469. The van der Waals surface area contributed by atoms with E-state index in [1.54, 1.807) is 24.3 Å². The third kappa shape index (κ3) is 21.0. The van der Waals surface area contributed by atoms with Crippen molar-refractivity contribution >= 4 is 63.0 Å². The minimum atomic E-state index is -1.27. The number of anilines is 1. The number of carbonyl (C=O) groups is 6. The van der Waals surface area contributed by atoms with E-state index >= 15 is 0 Å². The predicted octanol–water partition coefficient (Wildman–Crippen LogP) is 0.695. The van der Waals surface area contributed by atoms with Gasteiger partial charge >= 0.3 is 29.8 Å². The first kappa shape index (κ1) is 41.4. The van der Waals surface area contributed by atoms with Gasteiger partial charge in [-0.25, -0.2) is 0 Å². The van der Waals surface area contributed by atoms with Crippen molar-refractivity contribution in [2.24, 2.45) is 5.73 Å². The maximum absolute atomic E-state index is 11.5. The third-order valence-corrected chi connectivity index (χ3v) is 9.86. The summed E-state index contributed by atoms with van der Waals surface area (Å²) < 4.78 is 0. The molecular formula is C29H45N5O11S2. The lowest BCUT2D eigenvalue weighted by atomic mass is 10.0. The van der Waals surface area contributed by atoms with Crippen molar-refractivity contribution < 1.29 is 54.3 Å². The molecule has 2 rings (SSSR count). The number of rotatable bonds is 23. The molecule has 0 aliphatic carbocycles. The van der Waals surface area contributed by atoms with Gasteiger partial charge in [-0.3, -0.25) is 43.5 Å². The summed E-state index contributed by atoms with van der Waals surface area (Å²) in [5, 5.41) is 46.8. The number of carbonyl (C=O) groups excluding carboxylic acids is 1. The summed E-state index contributed by atoms with van der Waals surface area (Å²) in [5.74, 6) is -5.14. The van der Waals surface area contributed by atoms with Gasteiger partial charge in [0.2, 0.25) is 5.91 Å². The Morgan fingerprint density at radius 1 is 0.766 bits per heavy atom. The van der Waals surface area contributed by atoms with E-state index in [0.29, 0.717) is 17.7 Å². The molecule has 47 heavy (non-hydrogen) atoms. The van der Waals surface area contributed by atoms with Crippen LogP contribution in [0, 0.1) is 0 Å². The summed E-state index contributed by atoms with van der Waals surface area (Å²) >= 11 is 0. The van der Waals surface area contributed by atoms with Crippen LogP contribution in [0.25, 0.3) is 0 Å². The van der Waals surface area contributed by atoms with E-state index in [0.717, 1.165) is 23.0 Å². The van der Waals surface area contributed by atoms with E-state index in [4.69, 9.17) is 21.7 Å². The summed E-state index contributed by atoms with van der Waals surface area (Å²) in [6.07, 6.45) is 5.45. The Labute approximate surface area is 280 Å². The van der Waals surface area contributed by atoms with Gasteiger partial charge in [0.1, 0.15) is 0 Å². The largest absolute Gasteiger partial charge is 0.480 e. The summed E-state index contributed by atoms with van der Waals surface area (Å²) in [4.78, 5) is 70.4. The minimum absolute atomic E-state index is 0.0565. The van der Waals surface area contributed by atoms with Crippen LogP contribution in [0.3, 0.4) is 0 Å². The number of nitrogen functional groups attached to an aromatic ring is 1. The molecule has 16 nitrogen and oxygen atoms in total. The molecule has 0 bridgehead atoms. The Kier molecular flexibility index (Phi) is 20.2. The standard InChI is InChI=1S/C21H30N4O10.C8H15NOS2/c22-15-3-1-14(2-4-15)7-16(25(12-20(32)33)13-21(34)35)8-23(9-17(26)27)5-6-24(10-18(28)29)11-19(30)31;9-8(10)4-2-1-3-7-5-6-11-12-7/h1-4,16H,5-13,22H2,(H,26,27)(H,28,29)(H,30,31)(H,32,33)(H,34,35);7H,1-6H2,(H2,9,10). The number of aliphatic carboxylic acids is 5. The SMILES string of the molecule is NC(=O)CCCCC1CCSS1.Nc1ccc(CC(CN(CCN(CC(=O)O)CC(=O)O)CC(=O)O)N(CC(=O)O)CC(=O)O)cc1. The van der Waals surface area contributed by atoms with E-state index in [1.165, 1.54) is 28.4 Å². The summed E-state index contributed by atoms with van der Waals surface area (Å²) in [6.45, 7) is -3.13. The van der Waals surface area contributed by atoms with Crippen LogP contribution in [0.1, 0.15) is 37.7 Å². The lowest BCUT2D eigenvalue weighted by Gasteiger charge is -2.34. The molecule has 264 valence electrons. The predicted molar refractivity (Wildman–Crippen MR) is 177 cm³/mol. The van der Waals surface area contributed by atoms with E-state index in [9.17, 15) is 44.1 Å². The zero-order valence-corrected chi connectivity index (χ0v) is 27.7. The van der Waals surface area contributed by atoms with Gasteiger partial charge in [0.15, 0.2) is 0 Å². The highest BCUT2D eigenvalue weighted by molar-refractivity contribution is 8.77. The summed E-state index contributed by atoms with van der Waals surface area (Å²) in [6, 6.07) is 5.86. The van der Waals surface area contributed by atoms with E-state index < -0.39 is 68.6 Å². The molecule has 1 heterocycles. The fraction of sp³-hybridized carbons (Fsp3) is 0.586. The van der Waals surface area contributed by atoms with Gasteiger partial charge in [-0.1, -0.05) is 40.1 Å². The molecule has 1 aromatic rings. The number of nitrogens with zero attached hydrogens (tertiary/aromatic N) is 3. The molecule has 1 aliphatic heterocycles. The molecule has 1 aliphatic rings. The van der Waals surface area contributed by atoms with Gasteiger partial charge in [0, 0.05) is 48.8 Å². The van der Waals surface area contributed by atoms with Crippen molar-refractivity contribution in [3.05, 3.63) is 29.8 Å². The van der Waals surface area contributed by atoms with Crippen molar-refractivity contribution in [1.82, 2.24) is 14.7 Å². The van der Waals surface area contributed by atoms with Gasteiger partial charge < -0.3 is 37.0 Å². The molecule has 1 aromatic carbocycles. The fourth-order valence-electron chi connectivity index (χ4n) is 4.74. The molecule has 9 N–H and O–H groups in total. The van der Waals surface area contributed by atoms with Crippen LogP contribution in [0.4, 0.5) is 5.69 Å². The molecule has 1 amide bonds. The van der Waals surface area contributed by atoms with Gasteiger partial charge in [0.05, 0.1) is 32.7 Å². The molecule has 1 saturated heterocycles. The van der Waals surface area contributed by atoms with Gasteiger partial charge in [-0.05, 0) is 43.4 Å². The Morgan fingerprint density at radius 3 is 1.74 bits per heavy atom. The third-order valence-electron chi connectivity index (χ3n) is 6.85. The van der Waals surface area contributed by atoms with Crippen LogP contribution in [0.2, 0.25) is 0 Å². The number of hydrogen-bond donors (Lipinski definition) is 7. The molecular weight excluding hydrogens is 658 g/mol. The van der Waals surface area contributed by atoms with Crippen molar-refractivity contribution in [3.63, 3.8) is 0 Å². The van der Waals surface area contributed by atoms with Crippen molar-refractivity contribution in [2.75, 3.05) is 63.8 Å². The normalized spacial score (nSPS) is 14.8. The summed E-state index contributed by atoms with van der Waals surface area (Å²) in [5.41, 5.74) is 11.9. The van der Waals surface area contributed by atoms with Crippen LogP contribution >= 0.6 is 21.6 Å². The average molecular weight is 704 g/mol. The van der Waals surface area contributed by atoms with E-state index in [2.05, 4.69) is 0 Å². The topological polar surface area (TPSA) is 265 Å². The lowest BCUT2D eigenvalue weighted by molar-refractivity contribution is -0.144. The van der Waals surface area contributed by atoms with Gasteiger partial charge in [-0.2, -0.15) is 0 Å². The molecule has 18 heteroatoms. The number of nitrogens with two attached hydrogens (primary N) is 2. The number of amides is 1. The van der Waals surface area contributed by atoms with Crippen LogP contribution in [-0.4, -0.2) is 145 Å². The molecule has 0 saturated carbocycles. The smallest absolute Gasteiger partial charge is 0.317 e. The van der Waals surface area contributed by atoms with Gasteiger partial charge in [0.25, 0.3) is 0 Å². The zero-order valence-electron chi connectivity index (χ0n) is 26.1. The summed E-state index contributed by atoms with van der Waals surface area (Å²) in [7, 11) is 3.97. The second-order valence-corrected chi connectivity index (χ2v) is 13.7. The second-order valence-electron chi connectivity index (χ2n) is 11.0. The number of benzene rings is 1. The number of hydrogen-bond acceptors (Lipinski definition) is 12. The maximum Gasteiger partial charge on any atom is 0.317 e. The van der Waals surface area contributed by atoms with Crippen molar-refractivity contribution in [1.29, 1.82) is 0 Å². The monoisotopic (exact) mass is 703 g/mol. The first-order valence-electron chi connectivity index (χ1n) is 14.8. The first-order valence-corrected chi connectivity index (χ1v) is 17.2. The molecule has 0 aromatic heterocycles. The Balaban J connectivity index is 0.000000766. The zero-order chi connectivity index (χ0) is 35.4. The van der Waals surface area contributed by atoms with Crippen LogP contribution in [-0.2, 0) is 35.2 Å². The highest BCUT2D eigenvalue weighted by Gasteiger charge is 2.27. The first-order chi connectivity index (χ1) is 22.1. The van der Waals surface area contributed by atoms with Crippen LogP contribution in [0.5, 0.6) is 0 Å². The van der Waals surface area contributed by atoms with E-state index in [1.807, 2.05) is 21.6 Å². The van der Waals surface area contributed by atoms with Crippen LogP contribution in [0.15, 0.2) is 24.3 Å². The molecule has 0 spiro atoms. The maximum atomic E-state index is 11.5. The molecule has 0 radical (unpaired) electrons. The number of carboxylic acids is 5. The van der Waals surface area contributed by atoms with Crippen molar-refractivity contribution in [3.8, 4) is 0 Å². The molecule has 1 fully saturated rings. The lowest BCUT2D eigenvalue weighted by Crippen LogP contribution is -2.51. The van der Waals surface area contributed by atoms with E-state index in [-0.39, 0.29) is 32.0 Å². The molecule has 2 unspecified atom stereocenters.